The summed E-state index contributed by atoms with van der Waals surface area (Å²) in [5.74, 6) is 5.79. The molecular weight excluding hydrogens is 150 g/mol. The number of nitrogens with two attached hydrogens (primary N) is 2. The standard InChI is InChI=1S/C9H11N3/c10-5-2-1-3-8-7-12-6-4-9(8)11/h4,6-7H,2,5,10H2,(H2,11,12). The summed E-state index contributed by atoms with van der Waals surface area (Å²) >= 11 is 0. The molecule has 0 saturated carbocycles. The van der Waals surface area contributed by atoms with Crippen molar-refractivity contribution in [3.8, 4) is 11.8 Å². The molecule has 1 aromatic rings. The second-order valence-corrected chi connectivity index (χ2v) is 2.30. The zero-order valence-corrected chi connectivity index (χ0v) is 6.75. The lowest BCUT2D eigenvalue weighted by Gasteiger charge is -1.93. The largest absolute Gasteiger partial charge is 0.398 e. The average molecular weight is 161 g/mol. The number of rotatable bonds is 1. The summed E-state index contributed by atoms with van der Waals surface area (Å²) < 4.78 is 0. The molecule has 0 bridgehead atoms. The lowest BCUT2D eigenvalue weighted by atomic mass is 10.2. The van der Waals surface area contributed by atoms with Gasteiger partial charge in [0.1, 0.15) is 0 Å². The lowest BCUT2D eigenvalue weighted by molar-refractivity contribution is 1.03. The van der Waals surface area contributed by atoms with Crippen molar-refractivity contribution in [3.63, 3.8) is 0 Å². The Bertz CT molecular complexity index is 309. The molecule has 0 fully saturated rings. The maximum Gasteiger partial charge on any atom is 0.0658 e. The SMILES string of the molecule is NCCC#Cc1cnccc1N. The highest BCUT2D eigenvalue weighted by molar-refractivity contribution is 5.53. The van der Waals surface area contributed by atoms with Crippen LogP contribution in [0.25, 0.3) is 0 Å². The first-order valence-corrected chi connectivity index (χ1v) is 3.73. The van der Waals surface area contributed by atoms with E-state index < -0.39 is 0 Å². The van der Waals surface area contributed by atoms with Crippen molar-refractivity contribution in [3.05, 3.63) is 24.0 Å². The fraction of sp³-hybridized carbons (Fsp3) is 0.222. The van der Waals surface area contributed by atoms with Gasteiger partial charge in [0.25, 0.3) is 0 Å². The summed E-state index contributed by atoms with van der Waals surface area (Å²) in [5.41, 5.74) is 12.3. The van der Waals surface area contributed by atoms with Gasteiger partial charge < -0.3 is 11.5 Å². The van der Waals surface area contributed by atoms with E-state index in [4.69, 9.17) is 11.5 Å². The van der Waals surface area contributed by atoms with Crippen LogP contribution in [0.4, 0.5) is 5.69 Å². The van der Waals surface area contributed by atoms with Crippen LogP contribution in [-0.2, 0) is 0 Å². The fourth-order valence-electron chi connectivity index (χ4n) is 0.740. The van der Waals surface area contributed by atoms with Crippen molar-refractivity contribution in [2.45, 2.75) is 6.42 Å². The van der Waals surface area contributed by atoms with Crippen molar-refractivity contribution in [1.29, 1.82) is 0 Å². The quantitative estimate of drug-likeness (QED) is 0.585. The summed E-state index contributed by atoms with van der Waals surface area (Å²) in [5, 5.41) is 0. The number of aromatic nitrogens is 1. The smallest absolute Gasteiger partial charge is 0.0658 e. The molecule has 0 spiro atoms. The molecule has 0 aliphatic carbocycles. The molecule has 0 radical (unpaired) electrons. The number of nitrogens with zero attached hydrogens (tertiary/aromatic N) is 1. The highest BCUT2D eigenvalue weighted by Crippen LogP contribution is 2.05. The van der Waals surface area contributed by atoms with Gasteiger partial charge in [-0.2, -0.15) is 0 Å². The van der Waals surface area contributed by atoms with Crippen LogP contribution < -0.4 is 11.5 Å². The Morgan fingerprint density at radius 3 is 3.00 bits per heavy atom. The Morgan fingerprint density at radius 1 is 1.50 bits per heavy atom. The monoisotopic (exact) mass is 161 g/mol. The third-order valence-corrected chi connectivity index (χ3v) is 1.35. The Balaban J connectivity index is 2.77. The molecule has 62 valence electrons. The molecule has 12 heavy (non-hydrogen) atoms. The highest BCUT2D eigenvalue weighted by atomic mass is 14.7. The van der Waals surface area contributed by atoms with E-state index in [0.29, 0.717) is 18.7 Å². The summed E-state index contributed by atoms with van der Waals surface area (Å²) in [4.78, 5) is 3.91. The molecule has 1 rings (SSSR count). The van der Waals surface area contributed by atoms with E-state index in [0.717, 1.165) is 5.56 Å². The molecule has 1 aromatic heterocycles. The van der Waals surface area contributed by atoms with Crippen molar-refractivity contribution in [2.75, 3.05) is 12.3 Å². The van der Waals surface area contributed by atoms with Gasteiger partial charge in [-0.3, -0.25) is 4.98 Å². The van der Waals surface area contributed by atoms with Crippen LogP contribution >= 0.6 is 0 Å². The van der Waals surface area contributed by atoms with Gasteiger partial charge in [-0.15, -0.1) is 0 Å². The van der Waals surface area contributed by atoms with E-state index in [1.54, 1.807) is 18.5 Å². The van der Waals surface area contributed by atoms with E-state index in [-0.39, 0.29) is 0 Å². The molecule has 0 unspecified atom stereocenters. The Hall–Kier alpha value is -1.53. The molecule has 0 aliphatic heterocycles. The van der Waals surface area contributed by atoms with Gasteiger partial charge >= 0.3 is 0 Å². The van der Waals surface area contributed by atoms with Crippen LogP contribution in [0.5, 0.6) is 0 Å². The van der Waals surface area contributed by atoms with Crippen LogP contribution in [0.3, 0.4) is 0 Å². The van der Waals surface area contributed by atoms with Crippen molar-refractivity contribution in [2.24, 2.45) is 5.73 Å². The van der Waals surface area contributed by atoms with Gasteiger partial charge in [0.05, 0.1) is 11.3 Å². The number of hydrogen-bond donors (Lipinski definition) is 2. The molecule has 3 nitrogen and oxygen atoms in total. The van der Waals surface area contributed by atoms with Crippen molar-refractivity contribution < 1.29 is 0 Å². The van der Waals surface area contributed by atoms with E-state index in [1.165, 1.54) is 0 Å². The maximum absolute atomic E-state index is 5.63. The molecule has 0 amide bonds. The number of nitrogen functional groups attached to an aromatic ring is 1. The number of hydrogen-bond acceptors (Lipinski definition) is 3. The third kappa shape index (κ3) is 2.26. The average Bonchev–Trinajstić information content (AvgIpc) is 2.09. The Kier molecular flexibility index (Phi) is 3.12. The van der Waals surface area contributed by atoms with Crippen molar-refractivity contribution in [1.82, 2.24) is 4.98 Å². The van der Waals surface area contributed by atoms with Gasteiger partial charge in [-0.05, 0) is 6.07 Å². The minimum atomic E-state index is 0.577. The molecule has 0 aromatic carbocycles. The first-order valence-electron chi connectivity index (χ1n) is 3.73. The van der Waals surface area contributed by atoms with Gasteiger partial charge in [0, 0.05) is 25.4 Å². The molecule has 4 N–H and O–H groups in total. The minimum Gasteiger partial charge on any atom is -0.398 e. The van der Waals surface area contributed by atoms with Gasteiger partial charge in [-0.25, -0.2) is 0 Å². The summed E-state index contributed by atoms with van der Waals surface area (Å²) in [6, 6.07) is 1.73. The second kappa shape index (κ2) is 4.37. The van der Waals surface area contributed by atoms with Crippen LogP contribution in [0, 0.1) is 11.8 Å². The van der Waals surface area contributed by atoms with Crippen LogP contribution in [-0.4, -0.2) is 11.5 Å². The predicted molar refractivity (Wildman–Crippen MR) is 49.2 cm³/mol. The topological polar surface area (TPSA) is 64.9 Å². The zero-order valence-electron chi connectivity index (χ0n) is 6.75. The van der Waals surface area contributed by atoms with E-state index in [2.05, 4.69) is 16.8 Å². The van der Waals surface area contributed by atoms with E-state index in [1.807, 2.05) is 0 Å². The predicted octanol–water partition coefficient (Wildman–Crippen LogP) is 0.364. The van der Waals surface area contributed by atoms with Crippen LogP contribution in [0.15, 0.2) is 18.5 Å². The molecular formula is C9H11N3. The second-order valence-electron chi connectivity index (χ2n) is 2.30. The number of anilines is 1. The maximum atomic E-state index is 5.63. The molecule has 0 atom stereocenters. The zero-order chi connectivity index (χ0) is 8.81. The summed E-state index contributed by atoms with van der Waals surface area (Å²) in [6.45, 7) is 0.577. The molecule has 0 aliphatic rings. The fourth-order valence-corrected chi connectivity index (χ4v) is 0.740. The summed E-state index contributed by atoms with van der Waals surface area (Å²) in [7, 11) is 0. The molecule has 0 saturated heterocycles. The van der Waals surface area contributed by atoms with Crippen LogP contribution in [0.2, 0.25) is 0 Å². The van der Waals surface area contributed by atoms with E-state index >= 15 is 0 Å². The van der Waals surface area contributed by atoms with Gasteiger partial charge in [0.15, 0.2) is 0 Å². The van der Waals surface area contributed by atoms with E-state index in [9.17, 15) is 0 Å². The lowest BCUT2D eigenvalue weighted by Crippen LogP contribution is -1.96. The van der Waals surface area contributed by atoms with Crippen molar-refractivity contribution >= 4 is 5.69 Å². The summed E-state index contributed by atoms with van der Waals surface area (Å²) in [6.07, 6.45) is 3.98. The Morgan fingerprint density at radius 2 is 2.33 bits per heavy atom. The van der Waals surface area contributed by atoms with Gasteiger partial charge in [-0.1, -0.05) is 11.8 Å². The third-order valence-electron chi connectivity index (χ3n) is 1.35. The normalized spacial score (nSPS) is 8.75. The first kappa shape index (κ1) is 8.57. The Labute approximate surface area is 71.8 Å². The first-order chi connectivity index (χ1) is 5.84. The minimum absolute atomic E-state index is 0.577. The van der Waals surface area contributed by atoms with Crippen LogP contribution in [0.1, 0.15) is 12.0 Å². The molecule has 1 heterocycles. The molecule has 3 heteroatoms. The van der Waals surface area contributed by atoms with Gasteiger partial charge in [0.2, 0.25) is 0 Å². The highest BCUT2D eigenvalue weighted by Gasteiger charge is 1.90. The number of pyridine rings is 1.